The van der Waals surface area contributed by atoms with Gasteiger partial charge < -0.3 is 19.3 Å². The predicted octanol–water partition coefficient (Wildman–Crippen LogP) is 1.80. The van der Waals surface area contributed by atoms with E-state index in [-0.39, 0.29) is 24.0 Å². The molecule has 0 unspecified atom stereocenters. The molecule has 1 amide bonds. The van der Waals surface area contributed by atoms with Gasteiger partial charge in [0.05, 0.1) is 0 Å². The molecule has 6 heteroatoms. The third-order valence-corrected chi connectivity index (χ3v) is 2.61. The Kier molecular flexibility index (Phi) is 3.82. The molecule has 1 heterocycles. The van der Waals surface area contributed by atoms with Gasteiger partial charge >= 0.3 is 0 Å². The normalized spacial score (nSPS) is 10.4. The lowest BCUT2D eigenvalue weighted by molar-refractivity contribution is 0.0983. The minimum atomic E-state index is -0.295. The summed E-state index contributed by atoms with van der Waals surface area (Å²) in [6, 6.07) is 7.85. The fraction of sp³-hybridized carbons (Fsp3) is 0.231. The molecule has 2 aromatic rings. The number of rotatable bonds is 4. The molecular weight excluding hydrogens is 248 g/mol. The monoisotopic (exact) mass is 262 g/mol. The minimum Gasteiger partial charge on any atom is -0.508 e. The SMILES string of the molecule is COCc1cc(C(=O)N(C)c2ccc(O)cc2)no1. The van der Waals surface area contributed by atoms with E-state index in [2.05, 4.69) is 5.16 Å². The van der Waals surface area contributed by atoms with Crippen molar-refractivity contribution in [2.45, 2.75) is 6.61 Å². The highest BCUT2D eigenvalue weighted by atomic mass is 16.5. The summed E-state index contributed by atoms with van der Waals surface area (Å²) >= 11 is 0. The maximum Gasteiger partial charge on any atom is 0.280 e. The smallest absolute Gasteiger partial charge is 0.280 e. The first-order chi connectivity index (χ1) is 9.11. The van der Waals surface area contributed by atoms with Gasteiger partial charge in [-0.2, -0.15) is 0 Å². The highest BCUT2D eigenvalue weighted by Gasteiger charge is 2.18. The molecule has 0 radical (unpaired) electrons. The molecule has 0 saturated carbocycles. The second-order valence-corrected chi connectivity index (χ2v) is 3.99. The predicted molar refractivity (Wildman–Crippen MR) is 68.1 cm³/mol. The van der Waals surface area contributed by atoms with Gasteiger partial charge in [0.15, 0.2) is 11.5 Å². The van der Waals surface area contributed by atoms with E-state index < -0.39 is 0 Å². The zero-order chi connectivity index (χ0) is 13.8. The molecule has 100 valence electrons. The van der Waals surface area contributed by atoms with E-state index in [0.29, 0.717) is 11.4 Å². The molecular formula is C13H14N2O4. The summed E-state index contributed by atoms with van der Waals surface area (Å²) < 4.78 is 9.86. The van der Waals surface area contributed by atoms with Gasteiger partial charge in [0.1, 0.15) is 12.4 Å². The molecule has 1 N–H and O–H groups in total. The topological polar surface area (TPSA) is 75.8 Å². The maximum atomic E-state index is 12.1. The molecule has 2 rings (SSSR count). The zero-order valence-electron chi connectivity index (χ0n) is 10.7. The third kappa shape index (κ3) is 2.92. The van der Waals surface area contributed by atoms with Crippen molar-refractivity contribution in [3.63, 3.8) is 0 Å². The van der Waals surface area contributed by atoms with E-state index in [1.807, 2.05) is 0 Å². The first kappa shape index (κ1) is 13.1. The van der Waals surface area contributed by atoms with E-state index in [9.17, 15) is 9.90 Å². The molecule has 19 heavy (non-hydrogen) atoms. The van der Waals surface area contributed by atoms with Crippen LogP contribution < -0.4 is 4.90 Å². The summed E-state index contributed by atoms with van der Waals surface area (Å²) in [5.41, 5.74) is 0.863. The van der Waals surface area contributed by atoms with Crippen molar-refractivity contribution in [2.75, 3.05) is 19.1 Å². The van der Waals surface area contributed by atoms with Crippen molar-refractivity contribution in [2.24, 2.45) is 0 Å². The highest BCUT2D eigenvalue weighted by molar-refractivity contribution is 6.04. The number of anilines is 1. The van der Waals surface area contributed by atoms with Gasteiger partial charge in [-0.15, -0.1) is 0 Å². The van der Waals surface area contributed by atoms with Gasteiger partial charge in [0, 0.05) is 25.9 Å². The fourth-order valence-corrected chi connectivity index (χ4v) is 1.59. The number of carbonyl (C=O) groups excluding carboxylic acids is 1. The number of carbonyl (C=O) groups is 1. The fourth-order valence-electron chi connectivity index (χ4n) is 1.59. The molecule has 0 aliphatic rings. The summed E-state index contributed by atoms with van der Waals surface area (Å²) in [4.78, 5) is 13.6. The van der Waals surface area contributed by atoms with Crippen LogP contribution in [0.15, 0.2) is 34.9 Å². The van der Waals surface area contributed by atoms with E-state index in [0.717, 1.165) is 0 Å². The lowest BCUT2D eigenvalue weighted by atomic mass is 10.2. The molecule has 0 spiro atoms. The number of amides is 1. The number of hydrogen-bond acceptors (Lipinski definition) is 5. The molecule has 1 aromatic heterocycles. The second kappa shape index (κ2) is 5.53. The van der Waals surface area contributed by atoms with Crippen LogP contribution in [0.1, 0.15) is 16.2 Å². The van der Waals surface area contributed by atoms with Crippen LogP contribution in [0.2, 0.25) is 0 Å². The third-order valence-electron chi connectivity index (χ3n) is 2.61. The van der Waals surface area contributed by atoms with Crippen molar-refractivity contribution in [1.29, 1.82) is 0 Å². The lowest BCUT2D eigenvalue weighted by Crippen LogP contribution is -2.26. The first-order valence-corrected chi connectivity index (χ1v) is 5.63. The zero-order valence-corrected chi connectivity index (χ0v) is 10.7. The largest absolute Gasteiger partial charge is 0.508 e. The van der Waals surface area contributed by atoms with E-state index in [1.54, 1.807) is 25.2 Å². The molecule has 1 aromatic carbocycles. The van der Waals surface area contributed by atoms with Crippen LogP contribution in [-0.2, 0) is 11.3 Å². The average molecular weight is 262 g/mol. The Bertz CT molecular complexity index is 562. The number of hydrogen-bond donors (Lipinski definition) is 1. The number of phenols is 1. The summed E-state index contributed by atoms with van der Waals surface area (Å²) in [5, 5.41) is 12.9. The molecule has 0 aliphatic carbocycles. The van der Waals surface area contributed by atoms with Crippen molar-refractivity contribution in [3.05, 3.63) is 41.8 Å². The van der Waals surface area contributed by atoms with Crippen LogP contribution in [0.4, 0.5) is 5.69 Å². The van der Waals surface area contributed by atoms with E-state index in [4.69, 9.17) is 9.26 Å². The Labute approximate surface area is 110 Å². The van der Waals surface area contributed by atoms with Crippen LogP contribution in [0, 0.1) is 0 Å². The number of benzene rings is 1. The minimum absolute atomic E-state index is 0.147. The molecule has 0 bridgehead atoms. The Morgan fingerprint density at radius 2 is 2.11 bits per heavy atom. The number of aromatic nitrogens is 1. The van der Waals surface area contributed by atoms with Crippen LogP contribution in [0.3, 0.4) is 0 Å². The average Bonchev–Trinajstić information content (AvgIpc) is 2.87. The molecule has 0 aliphatic heterocycles. The van der Waals surface area contributed by atoms with Gasteiger partial charge in [0.25, 0.3) is 5.91 Å². The number of aromatic hydroxyl groups is 1. The van der Waals surface area contributed by atoms with Gasteiger partial charge in [-0.3, -0.25) is 4.79 Å². The summed E-state index contributed by atoms with van der Waals surface area (Å²) in [6.45, 7) is 0.267. The highest BCUT2D eigenvalue weighted by Crippen LogP contribution is 2.19. The van der Waals surface area contributed by atoms with Crippen LogP contribution in [0.5, 0.6) is 5.75 Å². The number of methoxy groups -OCH3 is 1. The number of phenolic OH excluding ortho intramolecular Hbond substituents is 1. The van der Waals surface area contributed by atoms with E-state index >= 15 is 0 Å². The van der Waals surface area contributed by atoms with Crippen molar-refractivity contribution in [3.8, 4) is 5.75 Å². The Balaban J connectivity index is 2.15. The van der Waals surface area contributed by atoms with Crippen LogP contribution >= 0.6 is 0 Å². The quantitative estimate of drug-likeness (QED) is 0.909. The summed E-state index contributed by atoms with van der Waals surface area (Å²) in [7, 11) is 3.16. The number of nitrogens with zero attached hydrogens (tertiary/aromatic N) is 2. The Morgan fingerprint density at radius 3 is 2.74 bits per heavy atom. The second-order valence-electron chi connectivity index (χ2n) is 3.99. The molecule has 0 fully saturated rings. The van der Waals surface area contributed by atoms with Crippen molar-refractivity contribution < 1.29 is 19.2 Å². The van der Waals surface area contributed by atoms with Crippen molar-refractivity contribution in [1.82, 2.24) is 5.16 Å². The molecule has 0 saturated heterocycles. The van der Waals surface area contributed by atoms with Gasteiger partial charge in [-0.1, -0.05) is 5.16 Å². The van der Waals surface area contributed by atoms with E-state index in [1.165, 1.54) is 24.1 Å². The van der Waals surface area contributed by atoms with Crippen LogP contribution in [-0.4, -0.2) is 30.3 Å². The standard InChI is InChI=1S/C13H14N2O4/c1-15(9-3-5-10(16)6-4-9)13(17)12-7-11(8-18-2)19-14-12/h3-7,16H,8H2,1-2H3. The first-order valence-electron chi connectivity index (χ1n) is 5.63. The van der Waals surface area contributed by atoms with Gasteiger partial charge in [-0.05, 0) is 24.3 Å². The van der Waals surface area contributed by atoms with Crippen LogP contribution in [0.25, 0.3) is 0 Å². The lowest BCUT2D eigenvalue weighted by Gasteiger charge is -2.15. The summed E-state index contributed by atoms with van der Waals surface area (Å²) in [5.74, 6) is 0.343. The Hall–Kier alpha value is -2.34. The van der Waals surface area contributed by atoms with Crippen molar-refractivity contribution >= 4 is 11.6 Å². The van der Waals surface area contributed by atoms with Gasteiger partial charge in [0.2, 0.25) is 0 Å². The maximum absolute atomic E-state index is 12.1. The molecule has 0 atom stereocenters. The number of ether oxygens (including phenoxy) is 1. The Morgan fingerprint density at radius 1 is 1.42 bits per heavy atom. The molecule has 6 nitrogen and oxygen atoms in total. The summed E-state index contributed by atoms with van der Waals surface area (Å²) in [6.07, 6.45) is 0. The van der Waals surface area contributed by atoms with Gasteiger partial charge in [-0.25, -0.2) is 0 Å².